The Bertz CT molecular complexity index is 409. The summed E-state index contributed by atoms with van der Waals surface area (Å²) in [6.07, 6.45) is 5.00. The molecule has 1 aromatic heterocycles. The normalized spacial score (nSPS) is 21.5. The quantitative estimate of drug-likeness (QED) is 0.848. The van der Waals surface area contributed by atoms with E-state index in [-0.39, 0.29) is 5.91 Å². The van der Waals surface area contributed by atoms with Gasteiger partial charge in [-0.3, -0.25) is 4.79 Å². The average molecular weight is 296 g/mol. The van der Waals surface area contributed by atoms with Gasteiger partial charge in [-0.25, -0.2) is 0 Å². The Labute approximate surface area is 122 Å². The highest BCUT2D eigenvalue weighted by atomic mass is 32.2. The van der Waals surface area contributed by atoms with Crippen molar-refractivity contribution in [1.82, 2.24) is 10.2 Å². The summed E-state index contributed by atoms with van der Waals surface area (Å²) in [5.74, 6) is 0.729. The maximum Gasteiger partial charge on any atom is 0.230 e. The van der Waals surface area contributed by atoms with Crippen LogP contribution >= 0.6 is 23.1 Å². The van der Waals surface area contributed by atoms with Gasteiger partial charge in [-0.1, -0.05) is 6.07 Å². The molecule has 2 heterocycles. The van der Waals surface area contributed by atoms with Crippen molar-refractivity contribution in [2.45, 2.75) is 42.0 Å². The molecular weight excluding hydrogens is 276 g/mol. The zero-order valence-corrected chi connectivity index (χ0v) is 12.6. The summed E-state index contributed by atoms with van der Waals surface area (Å²) >= 11 is 3.33. The first-order chi connectivity index (χ1) is 9.31. The van der Waals surface area contributed by atoms with Gasteiger partial charge in [0.25, 0.3) is 0 Å². The molecule has 1 aliphatic heterocycles. The lowest BCUT2D eigenvalue weighted by Gasteiger charge is -2.32. The fourth-order valence-electron chi connectivity index (χ4n) is 2.60. The lowest BCUT2D eigenvalue weighted by molar-refractivity contribution is -0.119. The fourth-order valence-corrected chi connectivity index (χ4v) is 4.20. The molecule has 104 valence electrons. The van der Waals surface area contributed by atoms with Crippen LogP contribution in [0.5, 0.6) is 0 Å². The van der Waals surface area contributed by atoms with Gasteiger partial charge >= 0.3 is 0 Å². The molecule has 0 atom stereocenters. The van der Waals surface area contributed by atoms with Crippen molar-refractivity contribution in [3.63, 3.8) is 0 Å². The van der Waals surface area contributed by atoms with E-state index >= 15 is 0 Å². The number of thioether (sulfide) groups is 1. The Hall–Kier alpha value is -0.520. The molecule has 1 N–H and O–H groups in total. The van der Waals surface area contributed by atoms with Crippen LogP contribution in [0.25, 0.3) is 0 Å². The van der Waals surface area contributed by atoms with Crippen LogP contribution in [0.4, 0.5) is 0 Å². The Morgan fingerprint density at radius 3 is 2.79 bits per heavy atom. The van der Waals surface area contributed by atoms with E-state index in [9.17, 15) is 4.79 Å². The first-order valence-electron chi connectivity index (χ1n) is 7.01. The van der Waals surface area contributed by atoms with E-state index in [0.717, 1.165) is 32.0 Å². The van der Waals surface area contributed by atoms with E-state index in [2.05, 4.69) is 16.3 Å². The van der Waals surface area contributed by atoms with Crippen LogP contribution in [0.1, 0.15) is 25.7 Å². The van der Waals surface area contributed by atoms with E-state index in [1.807, 2.05) is 11.4 Å². The number of carbonyl (C=O) groups is 1. The highest BCUT2D eigenvalue weighted by Gasteiger charge is 2.31. The van der Waals surface area contributed by atoms with Crippen LogP contribution in [-0.2, 0) is 4.79 Å². The zero-order valence-electron chi connectivity index (χ0n) is 11.0. The largest absolute Gasteiger partial charge is 0.353 e. The minimum Gasteiger partial charge on any atom is -0.353 e. The molecule has 0 spiro atoms. The van der Waals surface area contributed by atoms with Gasteiger partial charge in [-0.2, -0.15) is 0 Å². The number of nitrogens with zero attached hydrogens (tertiary/aromatic N) is 1. The molecule has 2 aliphatic rings. The maximum absolute atomic E-state index is 11.9. The second-order valence-electron chi connectivity index (χ2n) is 5.33. The molecule has 0 radical (unpaired) electrons. The lowest BCUT2D eigenvalue weighted by Crippen LogP contribution is -2.45. The van der Waals surface area contributed by atoms with Crippen molar-refractivity contribution in [1.29, 1.82) is 0 Å². The summed E-state index contributed by atoms with van der Waals surface area (Å²) in [5.41, 5.74) is 0. The molecule has 5 heteroatoms. The van der Waals surface area contributed by atoms with Gasteiger partial charge in [0, 0.05) is 25.2 Å². The van der Waals surface area contributed by atoms with Gasteiger partial charge in [0.2, 0.25) is 5.91 Å². The maximum atomic E-state index is 11.9. The molecule has 1 saturated heterocycles. The summed E-state index contributed by atoms with van der Waals surface area (Å²) < 4.78 is 1.22. The molecule has 0 bridgehead atoms. The van der Waals surface area contributed by atoms with Crippen molar-refractivity contribution in [3.8, 4) is 0 Å². The SMILES string of the molecule is O=C(CSc1cccs1)NC1CCN(C2CC2)CC1. The van der Waals surface area contributed by atoms with Crippen molar-refractivity contribution in [2.75, 3.05) is 18.8 Å². The summed E-state index contributed by atoms with van der Waals surface area (Å²) in [6, 6.07) is 5.35. The predicted octanol–water partition coefficient (Wildman–Crippen LogP) is 2.58. The average Bonchev–Trinajstić information content (AvgIpc) is 3.14. The molecule has 1 aromatic rings. The molecule has 0 aromatic carbocycles. The van der Waals surface area contributed by atoms with Gasteiger partial charge < -0.3 is 10.2 Å². The molecule has 1 saturated carbocycles. The summed E-state index contributed by atoms with van der Waals surface area (Å²) in [6.45, 7) is 2.32. The predicted molar refractivity (Wildman–Crippen MR) is 80.8 cm³/mol. The van der Waals surface area contributed by atoms with Crippen LogP contribution < -0.4 is 5.32 Å². The molecular formula is C14H20N2OS2. The van der Waals surface area contributed by atoms with Crippen LogP contribution in [0.15, 0.2) is 21.7 Å². The van der Waals surface area contributed by atoms with Crippen molar-refractivity contribution in [3.05, 3.63) is 17.5 Å². The number of rotatable bonds is 5. The zero-order chi connectivity index (χ0) is 13.1. The number of thiophene rings is 1. The van der Waals surface area contributed by atoms with Gasteiger partial charge in [0.1, 0.15) is 0 Å². The Morgan fingerprint density at radius 1 is 1.37 bits per heavy atom. The van der Waals surface area contributed by atoms with E-state index in [1.54, 1.807) is 23.1 Å². The first-order valence-corrected chi connectivity index (χ1v) is 8.87. The minimum absolute atomic E-state index is 0.184. The summed E-state index contributed by atoms with van der Waals surface area (Å²) in [7, 11) is 0. The number of carbonyl (C=O) groups excluding carboxylic acids is 1. The smallest absolute Gasteiger partial charge is 0.230 e. The number of likely N-dealkylation sites (tertiary alicyclic amines) is 1. The number of nitrogens with one attached hydrogen (secondary N) is 1. The van der Waals surface area contributed by atoms with Gasteiger partial charge in [-0.15, -0.1) is 23.1 Å². The molecule has 0 unspecified atom stereocenters. The highest BCUT2D eigenvalue weighted by Crippen LogP contribution is 2.29. The minimum atomic E-state index is 0.184. The van der Waals surface area contributed by atoms with E-state index < -0.39 is 0 Å². The second-order valence-corrected chi connectivity index (χ2v) is 7.55. The van der Waals surface area contributed by atoms with Crippen LogP contribution in [-0.4, -0.2) is 41.7 Å². The number of piperidine rings is 1. The Kier molecular flexibility index (Phi) is 4.45. The highest BCUT2D eigenvalue weighted by molar-refractivity contribution is 8.01. The van der Waals surface area contributed by atoms with E-state index in [4.69, 9.17) is 0 Å². The third-order valence-electron chi connectivity index (χ3n) is 3.80. The first kappa shape index (κ1) is 13.5. The standard InChI is InChI=1S/C14H20N2OS2/c17-13(10-19-14-2-1-9-18-14)15-11-5-7-16(8-6-11)12-3-4-12/h1-2,9,11-12H,3-8,10H2,(H,15,17). The molecule has 19 heavy (non-hydrogen) atoms. The third-order valence-corrected chi connectivity index (χ3v) is 5.93. The van der Waals surface area contributed by atoms with Gasteiger partial charge in [0.05, 0.1) is 9.96 Å². The summed E-state index contributed by atoms with van der Waals surface area (Å²) in [5, 5.41) is 5.23. The molecule has 3 nitrogen and oxygen atoms in total. The van der Waals surface area contributed by atoms with Crippen LogP contribution in [0.2, 0.25) is 0 Å². The Morgan fingerprint density at radius 2 is 2.16 bits per heavy atom. The molecule has 1 aliphatic carbocycles. The monoisotopic (exact) mass is 296 g/mol. The second kappa shape index (κ2) is 6.29. The molecule has 2 fully saturated rings. The van der Waals surface area contributed by atoms with Crippen molar-refractivity contribution < 1.29 is 4.79 Å². The van der Waals surface area contributed by atoms with Crippen LogP contribution in [0, 0.1) is 0 Å². The summed E-state index contributed by atoms with van der Waals surface area (Å²) in [4.78, 5) is 14.5. The topological polar surface area (TPSA) is 32.3 Å². The Balaban J connectivity index is 1.35. The van der Waals surface area contributed by atoms with Crippen molar-refractivity contribution >= 4 is 29.0 Å². The molecule has 3 rings (SSSR count). The number of hydrogen-bond donors (Lipinski definition) is 1. The lowest BCUT2D eigenvalue weighted by atomic mass is 10.1. The number of hydrogen-bond acceptors (Lipinski definition) is 4. The van der Waals surface area contributed by atoms with E-state index in [1.165, 1.54) is 17.1 Å². The van der Waals surface area contributed by atoms with Crippen molar-refractivity contribution in [2.24, 2.45) is 0 Å². The fraction of sp³-hybridized carbons (Fsp3) is 0.643. The van der Waals surface area contributed by atoms with Gasteiger partial charge in [-0.05, 0) is 37.1 Å². The van der Waals surface area contributed by atoms with Gasteiger partial charge in [0.15, 0.2) is 0 Å². The molecule has 1 amide bonds. The van der Waals surface area contributed by atoms with E-state index in [0.29, 0.717) is 11.8 Å². The third kappa shape index (κ3) is 3.97. The number of amides is 1. The van der Waals surface area contributed by atoms with Crippen LogP contribution in [0.3, 0.4) is 0 Å².